The lowest BCUT2D eigenvalue weighted by Crippen LogP contribution is -2.30. The van der Waals surface area contributed by atoms with E-state index in [9.17, 15) is 13.2 Å². The molecular formula is C13H12N2O3S. The maximum Gasteiger partial charge on any atom is 0.266 e. The fourth-order valence-corrected chi connectivity index (χ4v) is 2.43. The zero-order valence-electron chi connectivity index (χ0n) is 10.2. The Morgan fingerprint density at radius 2 is 1.84 bits per heavy atom. The number of aryl methyl sites for hydroxylation is 1. The Hall–Kier alpha value is -2.21. The highest BCUT2D eigenvalue weighted by molar-refractivity contribution is 7.90. The molecule has 0 aliphatic heterocycles. The minimum absolute atomic E-state index is 0.0512. The molecule has 1 aromatic carbocycles. The summed E-state index contributed by atoms with van der Waals surface area (Å²) in [7, 11) is -3.85. The van der Waals surface area contributed by atoms with Crippen LogP contribution in [0.3, 0.4) is 0 Å². The fraction of sp³-hybridized carbons (Fsp3) is 0.0769. The average Bonchev–Trinajstić information content (AvgIpc) is 2.40. The van der Waals surface area contributed by atoms with Crippen LogP contribution in [0.1, 0.15) is 15.9 Å². The average molecular weight is 276 g/mol. The molecule has 0 unspecified atom stereocenters. The molecule has 0 spiro atoms. The molecule has 5 nitrogen and oxygen atoms in total. The number of benzene rings is 1. The lowest BCUT2D eigenvalue weighted by Gasteiger charge is -2.06. The van der Waals surface area contributed by atoms with Gasteiger partial charge in [-0.05, 0) is 31.2 Å². The van der Waals surface area contributed by atoms with E-state index in [0.717, 1.165) is 5.56 Å². The van der Waals surface area contributed by atoms with Crippen molar-refractivity contribution in [3.63, 3.8) is 0 Å². The molecular weight excluding hydrogens is 264 g/mol. The molecule has 0 fully saturated rings. The second-order valence-electron chi connectivity index (χ2n) is 3.99. The predicted octanol–water partition coefficient (Wildman–Crippen LogP) is 1.51. The first-order valence-electron chi connectivity index (χ1n) is 5.53. The summed E-state index contributed by atoms with van der Waals surface area (Å²) in [5.41, 5.74) is 1.13. The van der Waals surface area contributed by atoms with Gasteiger partial charge in [-0.2, -0.15) is 0 Å². The number of sulfonamides is 1. The summed E-state index contributed by atoms with van der Waals surface area (Å²) in [5.74, 6) is -0.700. The summed E-state index contributed by atoms with van der Waals surface area (Å²) < 4.78 is 26.0. The molecule has 19 heavy (non-hydrogen) atoms. The van der Waals surface area contributed by atoms with Crippen molar-refractivity contribution >= 4 is 15.9 Å². The Balaban J connectivity index is 2.23. The largest absolute Gasteiger partial charge is 0.268 e. The molecule has 2 aromatic rings. The third-order valence-electron chi connectivity index (χ3n) is 2.48. The molecule has 1 heterocycles. The van der Waals surface area contributed by atoms with E-state index in [1.54, 1.807) is 18.2 Å². The number of pyridine rings is 1. The fourth-order valence-electron chi connectivity index (χ4n) is 1.45. The number of nitrogens with one attached hydrogen (secondary N) is 1. The van der Waals surface area contributed by atoms with Crippen molar-refractivity contribution in [1.82, 2.24) is 9.71 Å². The number of carbonyl (C=O) groups is 1. The smallest absolute Gasteiger partial charge is 0.266 e. The summed E-state index contributed by atoms with van der Waals surface area (Å²) >= 11 is 0. The first kappa shape index (κ1) is 13.2. The summed E-state index contributed by atoms with van der Waals surface area (Å²) in [6, 6.07) is 9.30. The Bertz CT molecular complexity index is 680. The highest BCUT2D eigenvalue weighted by atomic mass is 32.2. The first-order chi connectivity index (χ1) is 8.99. The van der Waals surface area contributed by atoms with Gasteiger partial charge in [0.05, 0.1) is 10.5 Å². The van der Waals surface area contributed by atoms with Crippen molar-refractivity contribution < 1.29 is 13.2 Å². The number of aromatic nitrogens is 1. The molecule has 1 N–H and O–H groups in total. The van der Waals surface area contributed by atoms with Gasteiger partial charge in [-0.1, -0.05) is 17.7 Å². The standard InChI is InChI=1S/C13H12N2O3S/c1-10-4-6-12(7-5-10)19(17,18)15-13(16)11-3-2-8-14-9-11/h2-9H,1H3,(H,15,16). The molecule has 0 radical (unpaired) electrons. The van der Waals surface area contributed by atoms with Gasteiger partial charge < -0.3 is 0 Å². The van der Waals surface area contributed by atoms with Crippen LogP contribution < -0.4 is 4.72 Å². The molecule has 0 aliphatic carbocycles. The van der Waals surface area contributed by atoms with Crippen molar-refractivity contribution in [2.75, 3.05) is 0 Å². The zero-order chi connectivity index (χ0) is 13.9. The Morgan fingerprint density at radius 3 is 2.42 bits per heavy atom. The molecule has 98 valence electrons. The molecule has 0 bridgehead atoms. The van der Waals surface area contributed by atoms with Crippen LogP contribution in [0.25, 0.3) is 0 Å². The number of hydrogen-bond donors (Lipinski definition) is 1. The zero-order valence-corrected chi connectivity index (χ0v) is 11.0. The quantitative estimate of drug-likeness (QED) is 0.922. The minimum Gasteiger partial charge on any atom is -0.268 e. The maximum absolute atomic E-state index is 12.0. The highest BCUT2D eigenvalue weighted by Gasteiger charge is 2.18. The molecule has 1 amide bonds. The molecule has 0 saturated carbocycles. The van der Waals surface area contributed by atoms with E-state index < -0.39 is 15.9 Å². The van der Waals surface area contributed by atoms with Gasteiger partial charge in [0.25, 0.3) is 15.9 Å². The van der Waals surface area contributed by atoms with Crippen molar-refractivity contribution in [2.24, 2.45) is 0 Å². The maximum atomic E-state index is 12.0. The van der Waals surface area contributed by atoms with E-state index in [1.165, 1.54) is 30.6 Å². The molecule has 6 heteroatoms. The second kappa shape index (κ2) is 5.19. The van der Waals surface area contributed by atoms with E-state index >= 15 is 0 Å². The minimum atomic E-state index is -3.85. The molecule has 1 aromatic heterocycles. The lowest BCUT2D eigenvalue weighted by atomic mass is 10.2. The number of nitrogens with zero attached hydrogens (tertiary/aromatic N) is 1. The SMILES string of the molecule is Cc1ccc(S(=O)(=O)NC(=O)c2cccnc2)cc1. The van der Waals surface area contributed by atoms with E-state index in [-0.39, 0.29) is 10.5 Å². The third kappa shape index (κ3) is 3.17. The topological polar surface area (TPSA) is 76.1 Å². The first-order valence-corrected chi connectivity index (χ1v) is 7.01. The van der Waals surface area contributed by atoms with Crippen LogP contribution in [-0.4, -0.2) is 19.3 Å². The Labute approximate surface area is 111 Å². The van der Waals surface area contributed by atoms with Gasteiger partial charge in [-0.15, -0.1) is 0 Å². The molecule has 0 saturated heterocycles. The highest BCUT2D eigenvalue weighted by Crippen LogP contribution is 2.10. The second-order valence-corrected chi connectivity index (χ2v) is 5.67. The van der Waals surface area contributed by atoms with Crippen LogP contribution in [0.2, 0.25) is 0 Å². The van der Waals surface area contributed by atoms with Crippen LogP contribution in [0.15, 0.2) is 53.7 Å². The van der Waals surface area contributed by atoms with E-state index in [0.29, 0.717) is 0 Å². The van der Waals surface area contributed by atoms with Gasteiger partial charge in [0.1, 0.15) is 0 Å². The van der Waals surface area contributed by atoms with Gasteiger partial charge in [0.2, 0.25) is 0 Å². The Kier molecular flexibility index (Phi) is 3.62. The van der Waals surface area contributed by atoms with Gasteiger partial charge >= 0.3 is 0 Å². The van der Waals surface area contributed by atoms with Crippen LogP contribution in [0.4, 0.5) is 0 Å². The molecule has 0 atom stereocenters. The van der Waals surface area contributed by atoms with Gasteiger partial charge in [0, 0.05) is 12.4 Å². The van der Waals surface area contributed by atoms with Crippen molar-refractivity contribution in [2.45, 2.75) is 11.8 Å². The lowest BCUT2D eigenvalue weighted by molar-refractivity contribution is 0.0981. The summed E-state index contributed by atoms with van der Waals surface area (Å²) in [6.07, 6.45) is 2.81. The normalized spacial score (nSPS) is 11.0. The predicted molar refractivity (Wildman–Crippen MR) is 70.1 cm³/mol. The third-order valence-corrected chi connectivity index (χ3v) is 3.83. The van der Waals surface area contributed by atoms with E-state index in [4.69, 9.17) is 0 Å². The van der Waals surface area contributed by atoms with Gasteiger partial charge in [-0.25, -0.2) is 13.1 Å². The van der Waals surface area contributed by atoms with Crippen molar-refractivity contribution in [3.05, 3.63) is 59.9 Å². The van der Waals surface area contributed by atoms with Crippen LogP contribution in [-0.2, 0) is 10.0 Å². The summed E-state index contributed by atoms with van der Waals surface area (Å²) in [4.78, 5) is 15.6. The van der Waals surface area contributed by atoms with E-state index in [1.807, 2.05) is 11.6 Å². The monoisotopic (exact) mass is 276 g/mol. The van der Waals surface area contributed by atoms with Crippen LogP contribution in [0.5, 0.6) is 0 Å². The van der Waals surface area contributed by atoms with E-state index in [2.05, 4.69) is 4.98 Å². The van der Waals surface area contributed by atoms with Crippen molar-refractivity contribution in [1.29, 1.82) is 0 Å². The Morgan fingerprint density at radius 1 is 1.16 bits per heavy atom. The molecule has 0 aliphatic rings. The number of carbonyl (C=O) groups excluding carboxylic acids is 1. The number of hydrogen-bond acceptors (Lipinski definition) is 4. The summed E-state index contributed by atoms with van der Waals surface area (Å²) in [6.45, 7) is 1.85. The summed E-state index contributed by atoms with van der Waals surface area (Å²) in [5, 5.41) is 0. The number of amides is 1. The number of rotatable bonds is 3. The van der Waals surface area contributed by atoms with Gasteiger partial charge in [0.15, 0.2) is 0 Å². The van der Waals surface area contributed by atoms with Gasteiger partial charge in [-0.3, -0.25) is 9.78 Å². The van der Waals surface area contributed by atoms with Crippen LogP contribution >= 0.6 is 0 Å². The van der Waals surface area contributed by atoms with Crippen LogP contribution in [0, 0.1) is 6.92 Å². The molecule has 2 rings (SSSR count). The van der Waals surface area contributed by atoms with Crippen molar-refractivity contribution in [3.8, 4) is 0 Å².